The Morgan fingerprint density at radius 1 is 1.21 bits per heavy atom. The molecule has 1 aromatic heterocycles. The van der Waals surface area contributed by atoms with Crippen molar-refractivity contribution in [1.29, 1.82) is 0 Å². The number of carbonyl (C=O) groups is 2. The molecule has 5 heteroatoms. The van der Waals surface area contributed by atoms with Gasteiger partial charge in [-0.1, -0.05) is 45.0 Å². The molecule has 150 valence electrons. The van der Waals surface area contributed by atoms with E-state index in [2.05, 4.69) is 44.4 Å². The summed E-state index contributed by atoms with van der Waals surface area (Å²) in [5, 5.41) is 2.12. The van der Waals surface area contributed by atoms with Gasteiger partial charge in [-0.3, -0.25) is 9.59 Å². The highest BCUT2D eigenvalue weighted by Crippen LogP contribution is 2.39. The molecule has 2 heterocycles. The maximum absolute atomic E-state index is 13.4. The average molecular weight is 399 g/mol. The van der Waals surface area contributed by atoms with E-state index in [0.717, 1.165) is 6.42 Å². The first kappa shape index (κ1) is 20.6. The zero-order valence-electron chi connectivity index (χ0n) is 17.3. The van der Waals surface area contributed by atoms with Crippen LogP contribution in [-0.4, -0.2) is 41.2 Å². The third-order valence-electron chi connectivity index (χ3n) is 5.34. The van der Waals surface area contributed by atoms with Crippen LogP contribution in [0.3, 0.4) is 0 Å². The van der Waals surface area contributed by atoms with Gasteiger partial charge >= 0.3 is 0 Å². The Balaban J connectivity index is 1.91. The molecule has 0 fully saturated rings. The van der Waals surface area contributed by atoms with Gasteiger partial charge in [-0.2, -0.15) is 0 Å². The van der Waals surface area contributed by atoms with E-state index in [1.807, 2.05) is 24.0 Å². The van der Waals surface area contributed by atoms with Gasteiger partial charge in [0.25, 0.3) is 0 Å². The lowest BCUT2D eigenvalue weighted by atomic mass is 9.90. The smallest absolute Gasteiger partial charge is 0.242 e. The Morgan fingerprint density at radius 2 is 1.96 bits per heavy atom. The van der Waals surface area contributed by atoms with Crippen LogP contribution in [0.1, 0.15) is 54.8 Å². The van der Waals surface area contributed by atoms with Gasteiger partial charge < -0.3 is 9.80 Å². The molecule has 1 aromatic carbocycles. The van der Waals surface area contributed by atoms with E-state index in [1.165, 1.54) is 21.6 Å². The van der Waals surface area contributed by atoms with Crippen molar-refractivity contribution < 1.29 is 9.59 Å². The monoisotopic (exact) mass is 398 g/mol. The van der Waals surface area contributed by atoms with Crippen LogP contribution in [0, 0.1) is 12.8 Å². The lowest BCUT2D eigenvalue weighted by Gasteiger charge is -2.38. The Kier molecular flexibility index (Phi) is 6.55. The lowest BCUT2D eigenvalue weighted by molar-refractivity contribution is -0.142. The highest BCUT2D eigenvalue weighted by molar-refractivity contribution is 7.10. The molecule has 1 aliphatic rings. The number of fused-ring (bicyclic) bond motifs is 1. The van der Waals surface area contributed by atoms with E-state index in [9.17, 15) is 9.59 Å². The Morgan fingerprint density at radius 3 is 2.64 bits per heavy atom. The van der Waals surface area contributed by atoms with Crippen LogP contribution in [0.4, 0.5) is 0 Å². The highest BCUT2D eigenvalue weighted by Gasteiger charge is 2.34. The standard InChI is InChI=1S/C23H30N2O2S/c1-5-21(26)24(14-16(2)3)15-22(27)25-12-10-20-19(11-13-28-20)23(25)18-9-7-6-8-17(18)4/h6-9,11,13,16,23H,5,10,12,14-15H2,1-4H3/t23-/m0/s1. The second-order valence-electron chi connectivity index (χ2n) is 7.92. The maximum atomic E-state index is 13.4. The number of aryl methyl sites for hydroxylation is 1. The van der Waals surface area contributed by atoms with Crippen LogP contribution in [0.25, 0.3) is 0 Å². The fourth-order valence-corrected chi connectivity index (χ4v) is 4.89. The van der Waals surface area contributed by atoms with Crippen molar-refractivity contribution >= 4 is 23.2 Å². The van der Waals surface area contributed by atoms with Crippen LogP contribution >= 0.6 is 11.3 Å². The number of benzene rings is 1. The summed E-state index contributed by atoms with van der Waals surface area (Å²) in [6.07, 6.45) is 1.31. The fourth-order valence-electron chi connectivity index (χ4n) is 3.99. The largest absolute Gasteiger partial charge is 0.333 e. The molecule has 0 saturated heterocycles. The van der Waals surface area contributed by atoms with Crippen LogP contribution in [0.15, 0.2) is 35.7 Å². The first-order valence-corrected chi connectivity index (χ1v) is 11.0. The third kappa shape index (κ3) is 4.30. The van der Waals surface area contributed by atoms with E-state index >= 15 is 0 Å². The van der Waals surface area contributed by atoms with Crippen molar-refractivity contribution in [3.05, 3.63) is 57.3 Å². The number of amides is 2. The van der Waals surface area contributed by atoms with Crippen LogP contribution in [0.2, 0.25) is 0 Å². The summed E-state index contributed by atoms with van der Waals surface area (Å²) in [6, 6.07) is 10.4. The summed E-state index contributed by atoms with van der Waals surface area (Å²) in [7, 11) is 0. The van der Waals surface area contributed by atoms with Gasteiger partial charge in [0, 0.05) is 24.4 Å². The summed E-state index contributed by atoms with van der Waals surface area (Å²) < 4.78 is 0. The van der Waals surface area contributed by atoms with Gasteiger partial charge in [-0.15, -0.1) is 11.3 Å². The quantitative estimate of drug-likeness (QED) is 0.722. The molecule has 0 N–H and O–H groups in total. The normalized spacial score (nSPS) is 16.2. The van der Waals surface area contributed by atoms with Gasteiger partial charge in [0.2, 0.25) is 11.8 Å². The number of hydrogen-bond donors (Lipinski definition) is 0. The summed E-state index contributed by atoms with van der Waals surface area (Å²) in [4.78, 5) is 30.8. The van der Waals surface area contributed by atoms with Gasteiger partial charge in [0.05, 0.1) is 12.6 Å². The van der Waals surface area contributed by atoms with Gasteiger partial charge in [0.15, 0.2) is 0 Å². The first-order valence-electron chi connectivity index (χ1n) is 10.1. The number of carbonyl (C=O) groups excluding carboxylic acids is 2. The molecule has 0 aliphatic carbocycles. The predicted octanol–water partition coefficient (Wildman–Crippen LogP) is 4.43. The first-order chi connectivity index (χ1) is 13.4. The average Bonchev–Trinajstić information content (AvgIpc) is 3.15. The van der Waals surface area contributed by atoms with Crippen molar-refractivity contribution in [3.8, 4) is 0 Å². The molecule has 28 heavy (non-hydrogen) atoms. The van der Waals surface area contributed by atoms with Crippen LogP contribution in [0.5, 0.6) is 0 Å². The van der Waals surface area contributed by atoms with Crippen molar-refractivity contribution in [1.82, 2.24) is 9.80 Å². The highest BCUT2D eigenvalue weighted by atomic mass is 32.1. The Bertz CT molecular complexity index is 843. The van der Waals surface area contributed by atoms with E-state index in [0.29, 0.717) is 25.4 Å². The predicted molar refractivity (Wildman–Crippen MR) is 114 cm³/mol. The van der Waals surface area contributed by atoms with E-state index < -0.39 is 0 Å². The molecular weight excluding hydrogens is 368 g/mol. The van der Waals surface area contributed by atoms with Gasteiger partial charge in [0.1, 0.15) is 0 Å². The van der Waals surface area contributed by atoms with Crippen molar-refractivity contribution in [3.63, 3.8) is 0 Å². The lowest BCUT2D eigenvalue weighted by Crippen LogP contribution is -2.47. The summed E-state index contributed by atoms with van der Waals surface area (Å²) in [5.41, 5.74) is 3.59. The summed E-state index contributed by atoms with van der Waals surface area (Å²) in [6.45, 7) is 9.59. The minimum Gasteiger partial charge on any atom is -0.333 e. The van der Waals surface area contributed by atoms with Crippen molar-refractivity contribution in [2.24, 2.45) is 5.92 Å². The van der Waals surface area contributed by atoms with Gasteiger partial charge in [-0.05, 0) is 47.4 Å². The minimum atomic E-state index is -0.0682. The third-order valence-corrected chi connectivity index (χ3v) is 6.33. The molecule has 4 nitrogen and oxygen atoms in total. The van der Waals surface area contributed by atoms with Crippen molar-refractivity contribution in [2.45, 2.75) is 46.6 Å². The topological polar surface area (TPSA) is 40.6 Å². The fraction of sp³-hybridized carbons (Fsp3) is 0.478. The molecule has 0 bridgehead atoms. The molecule has 2 aromatic rings. The maximum Gasteiger partial charge on any atom is 0.242 e. The zero-order valence-corrected chi connectivity index (χ0v) is 18.1. The molecule has 1 atom stereocenters. The summed E-state index contributed by atoms with van der Waals surface area (Å²) in [5.74, 6) is 0.413. The molecule has 0 unspecified atom stereocenters. The van der Waals surface area contributed by atoms with E-state index in [4.69, 9.17) is 0 Å². The zero-order chi connectivity index (χ0) is 20.3. The van der Waals surface area contributed by atoms with Crippen molar-refractivity contribution in [2.75, 3.05) is 19.6 Å². The van der Waals surface area contributed by atoms with Crippen LogP contribution < -0.4 is 0 Å². The second kappa shape index (κ2) is 8.91. The minimum absolute atomic E-state index is 0.0348. The number of rotatable bonds is 6. The Labute approximate surface area is 172 Å². The van der Waals surface area contributed by atoms with E-state index in [1.54, 1.807) is 16.2 Å². The number of hydrogen-bond acceptors (Lipinski definition) is 3. The van der Waals surface area contributed by atoms with E-state index in [-0.39, 0.29) is 24.4 Å². The van der Waals surface area contributed by atoms with Gasteiger partial charge in [-0.25, -0.2) is 0 Å². The summed E-state index contributed by atoms with van der Waals surface area (Å²) >= 11 is 1.77. The van der Waals surface area contributed by atoms with Crippen LogP contribution in [-0.2, 0) is 16.0 Å². The molecule has 2 amide bonds. The molecular formula is C23H30N2O2S. The number of thiophene rings is 1. The molecule has 0 saturated carbocycles. The molecule has 0 spiro atoms. The molecule has 3 rings (SSSR count). The Hall–Kier alpha value is -2.14. The number of nitrogens with zero attached hydrogens (tertiary/aromatic N) is 2. The molecule has 1 aliphatic heterocycles. The SMILES string of the molecule is CCC(=O)N(CC(=O)N1CCc2sccc2[C@@H]1c1ccccc1C)CC(C)C. The second-order valence-corrected chi connectivity index (χ2v) is 8.92. The molecule has 0 radical (unpaired) electrons.